The number of anilines is 1. The summed E-state index contributed by atoms with van der Waals surface area (Å²) in [6, 6.07) is 7.50. The number of aryl methyl sites for hydroxylation is 1. The van der Waals surface area contributed by atoms with Crippen LogP contribution in [0.15, 0.2) is 30.5 Å². The van der Waals surface area contributed by atoms with Gasteiger partial charge in [0.15, 0.2) is 11.6 Å². The second-order valence-electron chi connectivity index (χ2n) is 6.30. The van der Waals surface area contributed by atoms with Crippen molar-refractivity contribution in [2.24, 2.45) is 0 Å². The van der Waals surface area contributed by atoms with Crippen LogP contribution in [-0.4, -0.2) is 45.2 Å². The van der Waals surface area contributed by atoms with E-state index < -0.39 is 10.8 Å². The molecule has 29 heavy (non-hydrogen) atoms. The van der Waals surface area contributed by atoms with Crippen LogP contribution in [0, 0.1) is 6.92 Å². The van der Waals surface area contributed by atoms with Crippen LogP contribution in [0.2, 0.25) is 0 Å². The molecule has 9 heteroatoms. The molecule has 3 rings (SSSR count). The number of aromatic nitrogens is 3. The van der Waals surface area contributed by atoms with Gasteiger partial charge in [-0.3, -0.25) is 4.79 Å². The molecule has 0 aliphatic heterocycles. The number of carbonyl (C=O) groups excluding carboxylic acids is 2. The van der Waals surface area contributed by atoms with Gasteiger partial charge in [-0.2, -0.15) is 9.78 Å². The van der Waals surface area contributed by atoms with Gasteiger partial charge in [0.1, 0.15) is 16.8 Å². The fraction of sp³-hybridized carbons (Fsp3) is 0.300. The van der Waals surface area contributed by atoms with Crippen LogP contribution in [0.5, 0.6) is 5.75 Å². The molecule has 1 amide bonds. The molecule has 1 aromatic carbocycles. The first-order valence-electron chi connectivity index (χ1n) is 9.02. The molecule has 0 spiro atoms. The smallest absolute Gasteiger partial charge is 0.343 e. The molecule has 1 unspecified atom stereocenters. The summed E-state index contributed by atoms with van der Waals surface area (Å²) in [6.07, 6.45) is 1.36. The van der Waals surface area contributed by atoms with E-state index in [2.05, 4.69) is 31.3 Å². The average molecular weight is 461 g/mol. The lowest BCUT2D eigenvalue weighted by Crippen LogP contribution is -2.23. The van der Waals surface area contributed by atoms with Crippen molar-refractivity contribution in [1.82, 2.24) is 14.8 Å². The molecule has 0 aliphatic carbocycles. The van der Waals surface area contributed by atoms with Crippen molar-refractivity contribution in [2.45, 2.75) is 25.6 Å². The maximum absolute atomic E-state index is 12.4. The van der Waals surface area contributed by atoms with Gasteiger partial charge in [-0.15, -0.1) is 0 Å². The minimum atomic E-state index is -0.577. The summed E-state index contributed by atoms with van der Waals surface area (Å²) in [5.41, 5.74) is 1.75. The largest absolute Gasteiger partial charge is 0.494 e. The predicted molar refractivity (Wildman–Crippen MR) is 113 cm³/mol. The lowest BCUT2D eigenvalue weighted by molar-refractivity contribution is -0.115. The first-order chi connectivity index (χ1) is 13.9. The Labute approximate surface area is 176 Å². The molecule has 0 bridgehead atoms. The lowest BCUT2D eigenvalue weighted by atomic mass is 10.1. The van der Waals surface area contributed by atoms with E-state index in [1.807, 2.05) is 31.2 Å². The number of hydrogen-bond donors (Lipinski definition) is 1. The summed E-state index contributed by atoms with van der Waals surface area (Å²) in [7, 11) is 1.58. The highest BCUT2D eigenvalue weighted by Crippen LogP contribution is 2.29. The van der Waals surface area contributed by atoms with E-state index in [0.717, 1.165) is 10.9 Å². The summed E-state index contributed by atoms with van der Waals surface area (Å²) in [5.74, 6) is 0.345. The van der Waals surface area contributed by atoms with E-state index in [1.54, 1.807) is 21.0 Å². The van der Waals surface area contributed by atoms with E-state index in [-0.39, 0.29) is 23.9 Å². The maximum Gasteiger partial charge on any atom is 0.343 e. The van der Waals surface area contributed by atoms with Gasteiger partial charge in [0, 0.05) is 5.39 Å². The minimum absolute atomic E-state index is 0.146. The van der Waals surface area contributed by atoms with Crippen molar-refractivity contribution in [1.29, 1.82) is 0 Å². The normalized spacial score (nSPS) is 11.9. The van der Waals surface area contributed by atoms with Crippen molar-refractivity contribution in [3.63, 3.8) is 0 Å². The van der Waals surface area contributed by atoms with Gasteiger partial charge in [0.2, 0.25) is 5.91 Å². The van der Waals surface area contributed by atoms with Crippen molar-refractivity contribution < 1.29 is 19.1 Å². The fourth-order valence-corrected chi connectivity index (χ4v) is 2.98. The van der Waals surface area contributed by atoms with E-state index >= 15 is 0 Å². The zero-order chi connectivity index (χ0) is 21.1. The van der Waals surface area contributed by atoms with Gasteiger partial charge in [0.05, 0.1) is 24.7 Å². The predicted octanol–water partition coefficient (Wildman–Crippen LogP) is 3.64. The second-order valence-corrected chi connectivity index (χ2v) is 7.67. The quantitative estimate of drug-likeness (QED) is 0.445. The number of halogens is 1. The Morgan fingerprint density at radius 2 is 2.10 bits per heavy atom. The topological polar surface area (TPSA) is 95.3 Å². The number of para-hydroxylation sites is 1. The molecular weight excluding hydrogens is 440 g/mol. The Bertz CT molecular complexity index is 1080. The van der Waals surface area contributed by atoms with Gasteiger partial charge < -0.3 is 14.8 Å². The number of methoxy groups -OCH3 is 1. The Hall–Kier alpha value is -2.94. The number of rotatable bonds is 6. The summed E-state index contributed by atoms with van der Waals surface area (Å²) < 4.78 is 11.9. The second kappa shape index (κ2) is 8.60. The Morgan fingerprint density at radius 3 is 2.76 bits per heavy atom. The number of fused-ring (bicyclic) bond motifs is 1. The zero-order valence-electron chi connectivity index (χ0n) is 16.5. The number of hydrogen-bond acceptors (Lipinski definition) is 6. The molecule has 8 nitrogen and oxygen atoms in total. The number of amides is 1. The molecule has 0 saturated heterocycles. The molecule has 1 atom stereocenters. The molecule has 1 N–H and O–H groups in total. The molecule has 2 heterocycles. The van der Waals surface area contributed by atoms with Crippen LogP contribution < -0.4 is 10.1 Å². The van der Waals surface area contributed by atoms with E-state index in [4.69, 9.17) is 9.47 Å². The Balaban J connectivity index is 2.20. The monoisotopic (exact) mass is 460 g/mol. The Kier molecular flexibility index (Phi) is 6.17. The molecular formula is C20H21BrN4O4. The number of pyridine rings is 1. The van der Waals surface area contributed by atoms with Gasteiger partial charge in [-0.05, 0) is 38.5 Å². The number of alkyl halides is 1. The minimum Gasteiger partial charge on any atom is -0.494 e. The Morgan fingerprint density at radius 1 is 1.34 bits per heavy atom. The number of nitrogens with zero attached hydrogens (tertiary/aromatic N) is 3. The zero-order valence-corrected chi connectivity index (χ0v) is 18.1. The highest BCUT2D eigenvalue weighted by atomic mass is 79.9. The van der Waals surface area contributed by atoms with Crippen LogP contribution >= 0.6 is 15.9 Å². The number of nitrogens with one attached hydrogen (secondary N) is 1. The highest BCUT2D eigenvalue weighted by Gasteiger charge is 2.24. The van der Waals surface area contributed by atoms with Gasteiger partial charge in [-0.1, -0.05) is 28.1 Å². The maximum atomic E-state index is 12.4. The molecule has 3 aromatic rings. The van der Waals surface area contributed by atoms with E-state index in [0.29, 0.717) is 17.1 Å². The van der Waals surface area contributed by atoms with Gasteiger partial charge in [-0.25, -0.2) is 9.78 Å². The van der Waals surface area contributed by atoms with E-state index in [1.165, 1.54) is 10.9 Å². The van der Waals surface area contributed by atoms with Gasteiger partial charge >= 0.3 is 5.97 Å². The van der Waals surface area contributed by atoms with Crippen molar-refractivity contribution in [3.8, 4) is 11.6 Å². The highest BCUT2D eigenvalue weighted by molar-refractivity contribution is 9.10. The van der Waals surface area contributed by atoms with Gasteiger partial charge in [0.25, 0.3) is 0 Å². The first-order valence-corrected chi connectivity index (χ1v) is 9.93. The summed E-state index contributed by atoms with van der Waals surface area (Å²) in [4.78, 5) is 28.9. The third-order valence-electron chi connectivity index (χ3n) is 4.30. The molecule has 152 valence electrons. The summed E-state index contributed by atoms with van der Waals surface area (Å²) >= 11 is 3.23. The molecule has 0 saturated carbocycles. The summed E-state index contributed by atoms with van der Waals surface area (Å²) in [5, 5.41) is 7.96. The van der Waals surface area contributed by atoms with Crippen LogP contribution in [-0.2, 0) is 9.53 Å². The third kappa shape index (κ3) is 4.09. The third-order valence-corrected chi connectivity index (χ3v) is 4.72. The number of benzene rings is 1. The van der Waals surface area contributed by atoms with Crippen molar-refractivity contribution >= 4 is 44.5 Å². The molecule has 0 fully saturated rings. The first kappa shape index (κ1) is 20.8. The standard InChI is InChI=1S/C20H21BrN4O4/c1-5-29-20(27)14-10-22-25(18(14)24-19(26)12(3)21)16-9-11(2)13-7-6-8-15(28-4)17(13)23-16/h6-10,12H,5H2,1-4H3,(H,24,26). The van der Waals surface area contributed by atoms with Crippen LogP contribution in [0.1, 0.15) is 29.8 Å². The van der Waals surface area contributed by atoms with Crippen molar-refractivity contribution in [3.05, 3.63) is 41.6 Å². The molecule has 0 aliphatic rings. The van der Waals surface area contributed by atoms with Crippen molar-refractivity contribution in [2.75, 3.05) is 19.0 Å². The summed E-state index contributed by atoms with van der Waals surface area (Å²) in [6.45, 7) is 5.54. The number of esters is 1. The SMILES string of the molecule is CCOC(=O)c1cnn(-c2cc(C)c3cccc(OC)c3n2)c1NC(=O)C(C)Br. The molecule has 0 radical (unpaired) electrons. The van der Waals surface area contributed by atoms with E-state index in [9.17, 15) is 9.59 Å². The fourth-order valence-electron chi connectivity index (χ4n) is 2.86. The average Bonchev–Trinajstić information content (AvgIpc) is 3.11. The van der Waals surface area contributed by atoms with Crippen LogP contribution in [0.25, 0.3) is 16.7 Å². The lowest BCUT2D eigenvalue weighted by Gasteiger charge is -2.13. The van der Waals surface area contributed by atoms with Crippen LogP contribution in [0.3, 0.4) is 0 Å². The van der Waals surface area contributed by atoms with Crippen LogP contribution in [0.4, 0.5) is 5.82 Å². The number of ether oxygens (including phenoxy) is 2. The number of carbonyl (C=O) groups is 2. The molecule has 2 aromatic heterocycles.